The van der Waals surface area contributed by atoms with Crippen LogP contribution < -0.4 is 49.5 Å². The molecule has 0 aromatic carbocycles. The molecule has 14 N–H and O–H groups in total. The van der Waals surface area contributed by atoms with Crippen LogP contribution in [-0.2, 0) is 28.8 Å². The summed E-state index contributed by atoms with van der Waals surface area (Å²) in [5, 5.41) is 22.6. The standard InChI is InChI=1S/C33H65N9O7/c1-20(2)18-23(37)28(43)39-25(13-7-10-16-35)31(46)42-27(19-21(3)4)32(47)41-26(14-8-11-17-36)30(45)40-24(12-6-9-15-34)29(44)38-22(5)33(48)49/h20-27H,6-19,34-37H2,1-5H3,(H,38,44)(H,39,43)(H,40,45)(H,41,47)(H,42,46)(H,48,49)/t22-,23-,24-,25-,26-,27-/m0/s1. The molecule has 0 aliphatic heterocycles. The van der Waals surface area contributed by atoms with Gasteiger partial charge in [0.2, 0.25) is 29.5 Å². The average Bonchev–Trinajstić information content (AvgIpc) is 3.02. The number of nitrogens with one attached hydrogen (secondary N) is 5. The number of carbonyl (C=O) groups excluding carboxylic acids is 5. The highest BCUT2D eigenvalue weighted by Crippen LogP contribution is 2.11. The van der Waals surface area contributed by atoms with Crippen molar-refractivity contribution in [3.8, 4) is 0 Å². The summed E-state index contributed by atoms with van der Waals surface area (Å²) in [4.78, 5) is 78.0. The maximum atomic E-state index is 13.7. The predicted octanol–water partition coefficient (Wildman–Crippen LogP) is -0.679. The van der Waals surface area contributed by atoms with Gasteiger partial charge in [-0.3, -0.25) is 28.8 Å². The van der Waals surface area contributed by atoms with E-state index in [2.05, 4.69) is 26.6 Å². The molecule has 16 heteroatoms. The number of hydrogen-bond donors (Lipinski definition) is 10. The van der Waals surface area contributed by atoms with Gasteiger partial charge in [0.05, 0.1) is 6.04 Å². The van der Waals surface area contributed by atoms with E-state index in [1.54, 1.807) is 0 Å². The number of carbonyl (C=O) groups is 6. The molecule has 0 heterocycles. The average molecular weight is 700 g/mol. The molecule has 5 amide bonds. The van der Waals surface area contributed by atoms with Gasteiger partial charge < -0.3 is 54.6 Å². The molecule has 16 nitrogen and oxygen atoms in total. The highest BCUT2D eigenvalue weighted by Gasteiger charge is 2.32. The fourth-order valence-electron chi connectivity index (χ4n) is 5.07. The highest BCUT2D eigenvalue weighted by atomic mass is 16.4. The lowest BCUT2D eigenvalue weighted by atomic mass is 10.00. The van der Waals surface area contributed by atoms with E-state index in [-0.39, 0.29) is 37.5 Å². The summed E-state index contributed by atoms with van der Waals surface area (Å²) in [6.07, 6.45) is 4.70. The zero-order valence-electron chi connectivity index (χ0n) is 30.2. The molecular weight excluding hydrogens is 634 g/mol. The summed E-state index contributed by atoms with van der Waals surface area (Å²) in [6.45, 7) is 10.1. The minimum atomic E-state index is -1.23. The Morgan fingerprint density at radius 2 is 0.816 bits per heavy atom. The van der Waals surface area contributed by atoms with Gasteiger partial charge in [0, 0.05) is 0 Å². The molecule has 0 unspecified atom stereocenters. The molecule has 0 bridgehead atoms. The first kappa shape index (κ1) is 45.7. The number of hydrogen-bond acceptors (Lipinski definition) is 10. The molecular formula is C33H65N9O7. The second-order valence-electron chi connectivity index (χ2n) is 13.5. The normalized spacial score (nSPS) is 15.0. The van der Waals surface area contributed by atoms with Crippen molar-refractivity contribution in [1.29, 1.82) is 0 Å². The summed E-state index contributed by atoms with van der Waals surface area (Å²) in [6, 6.07) is -6.14. The predicted molar refractivity (Wildman–Crippen MR) is 189 cm³/mol. The molecule has 0 rings (SSSR count). The first-order valence-electron chi connectivity index (χ1n) is 17.7. The number of amides is 5. The summed E-state index contributed by atoms with van der Waals surface area (Å²) < 4.78 is 0. The van der Waals surface area contributed by atoms with E-state index < -0.39 is 71.8 Å². The first-order valence-corrected chi connectivity index (χ1v) is 17.7. The maximum absolute atomic E-state index is 13.7. The van der Waals surface area contributed by atoms with Crippen molar-refractivity contribution in [1.82, 2.24) is 26.6 Å². The van der Waals surface area contributed by atoms with Gasteiger partial charge in [0.15, 0.2) is 0 Å². The minimum Gasteiger partial charge on any atom is -0.480 e. The Kier molecular flexibility index (Phi) is 23.9. The summed E-state index contributed by atoms with van der Waals surface area (Å²) in [7, 11) is 0. The lowest BCUT2D eigenvalue weighted by Gasteiger charge is -2.28. The van der Waals surface area contributed by atoms with E-state index in [0.29, 0.717) is 64.6 Å². The summed E-state index contributed by atoms with van der Waals surface area (Å²) >= 11 is 0. The Bertz CT molecular complexity index is 1030. The van der Waals surface area contributed by atoms with Crippen LogP contribution in [0.3, 0.4) is 0 Å². The maximum Gasteiger partial charge on any atom is 0.325 e. The minimum absolute atomic E-state index is 0.0304. The van der Waals surface area contributed by atoms with Crippen molar-refractivity contribution in [2.24, 2.45) is 34.8 Å². The summed E-state index contributed by atoms with van der Waals surface area (Å²) in [5.74, 6) is -4.04. The highest BCUT2D eigenvalue weighted by molar-refractivity contribution is 5.96. The van der Waals surface area contributed by atoms with Gasteiger partial charge in [-0.15, -0.1) is 0 Å². The molecule has 0 saturated heterocycles. The Labute approximate surface area is 291 Å². The fraction of sp³-hybridized carbons (Fsp3) is 0.818. The van der Waals surface area contributed by atoms with Crippen LogP contribution >= 0.6 is 0 Å². The molecule has 0 aliphatic rings. The van der Waals surface area contributed by atoms with Gasteiger partial charge in [0.1, 0.15) is 30.2 Å². The van der Waals surface area contributed by atoms with Crippen LogP contribution in [0.2, 0.25) is 0 Å². The number of unbranched alkanes of at least 4 members (excludes halogenated alkanes) is 3. The SMILES string of the molecule is CC(C)C[C@H](NC(=O)[C@H](CCCCN)NC(=O)[C@@H](N)CC(C)C)C(=O)N[C@@H](CCCCN)C(=O)N[C@@H](CCCCN)C(=O)N[C@@H](C)C(=O)O. The molecule has 0 radical (unpaired) electrons. The third-order valence-corrected chi connectivity index (χ3v) is 7.87. The molecule has 6 atom stereocenters. The van der Waals surface area contributed by atoms with Crippen molar-refractivity contribution in [2.75, 3.05) is 19.6 Å². The van der Waals surface area contributed by atoms with E-state index in [1.165, 1.54) is 6.92 Å². The third-order valence-electron chi connectivity index (χ3n) is 7.87. The van der Waals surface area contributed by atoms with Crippen molar-refractivity contribution in [3.05, 3.63) is 0 Å². The zero-order chi connectivity index (χ0) is 37.5. The Morgan fingerprint density at radius 3 is 1.16 bits per heavy atom. The molecule has 0 fully saturated rings. The van der Waals surface area contributed by atoms with E-state index in [9.17, 15) is 33.9 Å². The van der Waals surface area contributed by atoms with Gasteiger partial charge in [-0.2, -0.15) is 0 Å². The van der Waals surface area contributed by atoms with E-state index >= 15 is 0 Å². The number of nitrogens with two attached hydrogens (primary N) is 4. The van der Waals surface area contributed by atoms with Gasteiger partial charge in [-0.1, -0.05) is 27.7 Å². The van der Waals surface area contributed by atoms with E-state index in [4.69, 9.17) is 22.9 Å². The van der Waals surface area contributed by atoms with Crippen LogP contribution in [-0.4, -0.2) is 96.5 Å². The lowest BCUT2D eigenvalue weighted by Crippen LogP contribution is -2.59. The molecule has 0 aromatic heterocycles. The van der Waals surface area contributed by atoms with Crippen molar-refractivity contribution in [3.63, 3.8) is 0 Å². The van der Waals surface area contributed by atoms with Gasteiger partial charge in [0.25, 0.3) is 0 Å². The van der Waals surface area contributed by atoms with Gasteiger partial charge in [-0.25, -0.2) is 0 Å². The Hall–Kier alpha value is -3.34. The van der Waals surface area contributed by atoms with Crippen molar-refractivity contribution >= 4 is 35.5 Å². The zero-order valence-corrected chi connectivity index (χ0v) is 30.2. The van der Waals surface area contributed by atoms with Crippen molar-refractivity contribution in [2.45, 2.75) is 141 Å². The quantitative estimate of drug-likeness (QED) is 0.0479. The van der Waals surface area contributed by atoms with Gasteiger partial charge >= 0.3 is 5.97 Å². The Morgan fingerprint density at radius 1 is 0.490 bits per heavy atom. The number of carboxylic acids is 1. The van der Waals surface area contributed by atoms with Crippen molar-refractivity contribution < 1.29 is 33.9 Å². The Balaban J connectivity index is 6.10. The molecule has 49 heavy (non-hydrogen) atoms. The fourth-order valence-corrected chi connectivity index (χ4v) is 5.07. The molecule has 0 saturated carbocycles. The summed E-state index contributed by atoms with van der Waals surface area (Å²) in [5.41, 5.74) is 23.0. The molecule has 0 spiro atoms. The smallest absolute Gasteiger partial charge is 0.325 e. The molecule has 284 valence electrons. The van der Waals surface area contributed by atoms with Crippen LogP contribution in [0.4, 0.5) is 0 Å². The monoisotopic (exact) mass is 700 g/mol. The first-order chi connectivity index (χ1) is 23.1. The molecule has 0 aliphatic carbocycles. The van der Waals surface area contributed by atoms with Crippen LogP contribution in [0.5, 0.6) is 0 Å². The van der Waals surface area contributed by atoms with Crippen LogP contribution in [0, 0.1) is 11.8 Å². The number of rotatable bonds is 27. The number of carboxylic acid groups (broad SMARTS) is 1. The number of aliphatic carboxylic acids is 1. The largest absolute Gasteiger partial charge is 0.480 e. The van der Waals surface area contributed by atoms with E-state index in [0.717, 1.165) is 0 Å². The van der Waals surface area contributed by atoms with Crippen LogP contribution in [0.15, 0.2) is 0 Å². The second kappa shape index (κ2) is 25.6. The topological polar surface area (TPSA) is 287 Å². The van der Waals surface area contributed by atoms with Gasteiger partial charge in [-0.05, 0) is 109 Å². The van der Waals surface area contributed by atoms with E-state index in [1.807, 2.05) is 27.7 Å². The van der Waals surface area contributed by atoms with Crippen LogP contribution in [0.25, 0.3) is 0 Å². The third kappa shape index (κ3) is 20.1. The lowest BCUT2D eigenvalue weighted by molar-refractivity contribution is -0.141. The van der Waals surface area contributed by atoms with Crippen LogP contribution in [0.1, 0.15) is 105 Å². The second-order valence-corrected chi connectivity index (χ2v) is 13.5. The molecule has 0 aromatic rings.